The van der Waals surface area contributed by atoms with Crippen molar-refractivity contribution in [3.8, 4) is 0 Å². The Bertz CT molecular complexity index is 756. The Kier molecular flexibility index (Phi) is 3.40. The quantitative estimate of drug-likeness (QED) is 0.635. The molecule has 2 aliphatic rings. The molecule has 0 spiro atoms. The molecule has 9 nitrogen and oxygen atoms in total. The smallest absolute Gasteiger partial charge is 0.418 e. The molecule has 3 rings (SSSR count). The SMILES string of the molecule is COC(=O)C1c2sc(C)cc2[C@H]2CN1C(=O)N2OS(=O)(=O)O. The van der Waals surface area contributed by atoms with Crippen LogP contribution in [0.4, 0.5) is 4.79 Å². The van der Waals surface area contributed by atoms with E-state index in [2.05, 4.69) is 4.28 Å². The fraction of sp³-hybridized carbons (Fsp3) is 0.455. The number of nitrogens with zero attached hydrogens (tertiary/aromatic N) is 2. The van der Waals surface area contributed by atoms with E-state index in [-0.39, 0.29) is 6.54 Å². The Hall–Kier alpha value is -1.69. The van der Waals surface area contributed by atoms with Gasteiger partial charge in [0, 0.05) is 9.75 Å². The van der Waals surface area contributed by atoms with E-state index in [1.54, 1.807) is 6.07 Å². The first kappa shape index (κ1) is 15.2. The molecule has 22 heavy (non-hydrogen) atoms. The van der Waals surface area contributed by atoms with Crippen LogP contribution in [0.15, 0.2) is 6.07 Å². The lowest BCUT2D eigenvalue weighted by molar-refractivity contribution is -0.146. The largest absolute Gasteiger partial charge is 0.467 e. The Morgan fingerprint density at radius 1 is 1.50 bits per heavy atom. The van der Waals surface area contributed by atoms with E-state index in [9.17, 15) is 18.0 Å². The first-order chi connectivity index (χ1) is 10.2. The minimum Gasteiger partial charge on any atom is -0.467 e. The molecule has 1 unspecified atom stereocenters. The summed E-state index contributed by atoms with van der Waals surface area (Å²) >= 11 is 1.32. The van der Waals surface area contributed by atoms with Crippen LogP contribution in [0.25, 0.3) is 0 Å². The lowest BCUT2D eigenvalue weighted by Crippen LogP contribution is -2.38. The third kappa shape index (κ3) is 2.26. The molecule has 1 saturated heterocycles. The van der Waals surface area contributed by atoms with E-state index in [0.29, 0.717) is 15.5 Å². The summed E-state index contributed by atoms with van der Waals surface area (Å²) in [5, 5.41) is 0.573. The van der Waals surface area contributed by atoms with Crippen molar-refractivity contribution in [1.82, 2.24) is 9.96 Å². The van der Waals surface area contributed by atoms with Crippen LogP contribution in [-0.4, -0.2) is 48.6 Å². The first-order valence-corrected chi connectivity index (χ1v) is 8.36. The van der Waals surface area contributed by atoms with E-state index in [1.165, 1.54) is 23.3 Å². The van der Waals surface area contributed by atoms with Crippen LogP contribution in [0.3, 0.4) is 0 Å². The summed E-state index contributed by atoms with van der Waals surface area (Å²) in [7, 11) is -3.64. The van der Waals surface area contributed by atoms with Gasteiger partial charge < -0.3 is 9.64 Å². The van der Waals surface area contributed by atoms with Crippen molar-refractivity contribution in [3.63, 3.8) is 0 Å². The summed E-state index contributed by atoms with van der Waals surface area (Å²) in [5.41, 5.74) is 0.614. The summed E-state index contributed by atoms with van der Waals surface area (Å²) in [6.45, 7) is 1.90. The Balaban J connectivity index is 2.09. The van der Waals surface area contributed by atoms with Crippen molar-refractivity contribution in [2.24, 2.45) is 0 Å². The van der Waals surface area contributed by atoms with Gasteiger partial charge in [0.05, 0.1) is 13.7 Å². The van der Waals surface area contributed by atoms with Gasteiger partial charge >= 0.3 is 22.4 Å². The topological polar surface area (TPSA) is 113 Å². The lowest BCUT2D eigenvalue weighted by atomic mass is 9.99. The molecule has 1 aromatic heterocycles. The van der Waals surface area contributed by atoms with Gasteiger partial charge in [0.1, 0.15) is 6.04 Å². The molecule has 0 saturated carbocycles. The Morgan fingerprint density at radius 3 is 2.77 bits per heavy atom. The monoisotopic (exact) mass is 348 g/mol. The molecule has 11 heteroatoms. The molecule has 3 heterocycles. The van der Waals surface area contributed by atoms with Crippen LogP contribution >= 0.6 is 11.3 Å². The van der Waals surface area contributed by atoms with Gasteiger partial charge in [0.2, 0.25) is 0 Å². The van der Waals surface area contributed by atoms with Gasteiger partial charge in [-0.05, 0) is 18.6 Å². The number of hydrogen-bond acceptors (Lipinski definition) is 7. The summed E-state index contributed by atoms with van der Waals surface area (Å²) in [4.78, 5) is 27.0. The summed E-state index contributed by atoms with van der Waals surface area (Å²) < 4.78 is 39.8. The van der Waals surface area contributed by atoms with Gasteiger partial charge in [-0.15, -0.1) is 15.6 Å². The van der Waals surface area contributed by atoms with Crippen LogP contribution in [-0.2, 0) is 24.2 Å². The average molecular weight is 348 g/mol. The van der Waals surface area contributed by atoms with Gasteiger partial charge in [-0.1, -0.05) is 0 Å². The zero-order chi connectivity index (χ0) is 16.2. The molecule has 2 amide bonds. The second-order valence-corrected chi connectivity index (χ2v) is 7.17. The molecule has 0 radical (unpaired) electrons. The number of hydroxylamine groups is 2. The van der Waals surface area contributed by atoms with Gasteiger partial charge in [-0.2, -0.15) is 13.5 Å². The number of methoxy groups -OCH3 is 1. The van der Waals surface area contributed by atoms with Gasteiger partial charge in [0.25, 0.3) is 0 Å². The molecule has 1 fully saturated rings. The van der Waals surface area contributed by atoms with E-state index in [4.69, 9.17) is 9.29 Å². The fourth-order valence-electron chi connectivity index (χ4n) is 2.74. The predicted molar refractivity (Wildman–Crippen MR) is 73.1 cm³/mol. The minimum absolute atomic E-state index is 0.0668. The molecule has 1 N–H and O–H groups in total. The summed E-state index contributed by atoms with van der Waals surface area (Å²) in [6, 6.07) is -0.719. The number of urea groups is 1. The fourth-order valence-corrected chi connectivity index (χ4v) is 4.29. The normalized spacial score (nSPS) is 23.7. The predicted octanol–water partition coefficient (Wildman–Crippen LogP) is 0.797. The Labute approximate surface area is 129 Å². The van der Waals surface area contributed by atoms with Crippen molar-refractivity contribution < 1.29 is 31.6 Å². The second kappa shape index (κ2) is 4.91. The number of fused-ring (bicyclic) bond motifs is 4. The lowest BCUT2D eigenvalue weighted by Gasteiger charge is -2.28. The highest BCUT2D eigenvalue weighted by Crippen LogP contribution is 2.47. The number of carbonyl (C=O) groups is 2. The van der Waals surface area contributed by atoms with Crippen molar-refractivity contribution >= 4 is 33.7 Å². The van der Waals surface area contributed by atoms with Crippen LogP contribution in [0.5, 0.6) is 0 Å². The van der Waals surface area contributed by atoms with Crippen LogP contribution < -0.4 is 0 Å². The zero-order valence-corrected chi connectivity index (χ0v) is 13.2. The van der Waals surface area contributed by atoms with Crippen molar-refractivity contribution in [2.75, 3.05) is 13.7 Å². The molecule has 2 bridgehead atoms. The standard InChI is InChI=1S/C11H12N2O7S2/c1-5-3-6-7-4-12(8(9(6)21-5)10(14)19-2)11(15)13(7)20-22(16,17)18/h3,7-8H,4H2,1-2H3,(H,16,17,18)/t7-,8?/m1/s1. The number of esters is 1. The first-order valence-electron chi connectivity index (χ1n) is 6.18. The van der Waals surface area contributed by atoms with Crippen molar-refractivity contribution in [1.29, 1.82) is 0 Å². The maximum atomic E-state index is 12.3. The molecule has 120 valence electrons. The highest BCUT2D eigenvalue weighted by molar-refractivity contribution is 7.80. The van der Waals surface area contributed by atoms with Gasteiger partial charge in [-0.25, -0.2) is 9.59 Å². The second-order valence-electron chi connectivity index (χ2n) is 4.88. The molecule has 0 aliphatic carbocycles. The molecule has 1 aromatic rings. The number of rotatable bonds is 3. The summed E-state index contributed by atoms with van der Waals surface area (Å²) in [5.74, 6) is -0.622. The van der Waals surface area contributed by atoms with Crippen molar-refractivity contribution in [3.05, 3.63) is 21.4 Å². The van der Waals surface area contributed by atoms with E-state index in [1.807, 2.05) is 6.92 Å². The van der Waals surface area contributed by atoms with Gasteiger partial charge in [0.15, 0.2) is 6.04 Å². The molecular formula is C11H12N2O7S2. The number of carbonyl (C=O) groups excluding carboxylic acids is 2. The number of ether oxygens (including phenoxy) is 1. The van der Waals surface area contributed by atoms with Gasteiger partial charge in [-0.3, -0.25) is 4.55 Å². The molecule has 2 atom stereocenters. The third-order valence-corrected chi connectivity index (χ3v) is 4.99. The molecule has 2 aliphatic heterocycles. The van der Waals surface area contributed by atoms with E-state index >= 15 is 0 Å². The highest BCUT2D eigenvalue weighted by Gasteiger charge is 2.53. The number of amides is 2. The number of aryl methyl sites for hydroxylation is 1. The third-order valence-electron chi connectivity index (χ3n) is 3.52. The van der Waals surface area contributed by atoms with E-state index in [0.717, 1.165) is 4.88 Å². The maximum Gasteiger partial charge on any atom is 0.418 e. The van der Waals surface area contributed by atoms with E-state index < -0.39 is 34.5 Å². The van der Waals surface area contributed by atoms with Crippen LogP contribution in [0.1, 0.15) is 27.4 Å². The maximum absolute atomic E-state index is 12.3. The molecular weight excluding hydrogens is 336 g/mol. The van der Waals surface area contributed by atoms with Crippen LogP contribution in [0.2, 0.25) is 0 Å². The minimum atomic E-state index is -4.85. The Morgan fingerprint density at radius 2 is 2.18 bits per heavy atom. The van der Waals surface area contributed by atoms with Crippen LogP contribution in [0, 0.1) is 6.92 Å². The summed E-state index contributed by atoms with van der Waals surface area (Å²) in [6.07, 6.45) is 0. The highest BCUT2D eigenvalue weighted by atomic mass is 32.3. The average Bonchev–Trinajstić information content (AvgIpc) is 2.92. The number of hydrogen-bond donors (Lipinski definition) is 1. The molecule has 0 aromatic carbocycles. The number of thiophene rings is 1. The van der Waals surface area contributed by atoms with Crippen molar-refractivity contribution in [2.45, 2.75) is 19.0 Å². The zero-order valence-electron chi connectivity index (χ0n) is 11.5.